The van der Waals surface area contributed by atoms with Gasteiger partial charge in [-0.05, 0) is 6.42 Å². The molecule has 1 atom stereocenters. The van der Waals surface area contributed by atoms with Gasteiger partial charge < -0.3 is 10.2 Å². The van der Waals surface area contributed by atoms with Crippen LogP contribution in [-0.4, -0.2) is 34.5 Å². The third-order valence-electron chi connectivity index (χ3n) is 3.64. The average molecular weight is 298 g/mol. The lowest BCUT2D eigenvalue weighted by molar-refractivity contribution is 0.0754. The normalized spacial score (nSPS) is 17.0. The van der Waals surface area contributed by atoms with E-state index in [0.717, 1.165) is 29.8 Å². The zero-order valence-corrected chi connectivity index (χ0v) is 12.4. The van der Waals surface area contributed by atoms with E-state index in [9.17, 15) is 4.79 Å². The number of H-pyrrole nitrogens is 1. The number of aromatic nitrogens is 2. The Morgan fingerprint density at radius 1 is 1.41 bits per heavy atom. The number of hydrogen-bond acceptors (Lipinski definition) is 4. The van der Waals surface area contributed by atoms with E-state index in [1.165, 1.54) is 0 Å². The molecule has 1 aliphatic rings. The van der Waals surface area contributed by atoms with Crippen LogP contribution in [0.2, 0.25) is 0 Å². The van der Waals surface area contributed by atoms with Crippen molar-refractivity contribution in [1.82, 2.24) is 15.5 Å². The maximum Gasteiger partial charge on any atom is 0.255 e. The van der Waals surface area contributed by atoms with Gasteiger partial charge in [0.05, 0.1) is 29.7 Å². The number of nitrogens with one attached hydrogen (secondary N) is 2. The molecule has 6 nitrogen and oxygen atoms in total. The molecule has 0 aliphatic carbocycles. The molecule has 2 aromatic rings. The molecule has 1 amide bonds. The fourth-order valence-electron chi connectivity index (χ4n) is 2.39. The van der Waals surface area contributed by atoms with Gasteiger partial charge >= 0.3 is 0 Å². The lowest BCUT2D eigenvalue weighted by Crippen LogP contribution is -2.32. The molecule has 114 valence electrons. The predicted molar refractivity (Wildman–Crippen MR) is 83.6 cm³/mol. The Morgan fingerprint density at radius 3 is 2.95 bits per heavy atom. The van der Waals surface area contributed by atoms with Gasteiger partial charge in [-0.25, -0.2) is 0 Å². The van der Waals surface area contributed by atoms with Gasteiger partial charge in [-0.3, -0.25) is 9.89 Å². The number of rotatable bonds is 5. The number of amides is 1. The van der Waals surface area contributed by atoms with Crippen LogP contribution in [-0.2, 0) is 4.84 Å². The van der Waals surface area contributed by atoms with Crippen molar-refractivity contribution >= 4 is 11.6 Å². The maximum atomic E-state index is 12.3. The highest BCUT2D eigenvalue weighted by Crippen LogP contribution is 2.20. The van der Waals surface area contributed by atoms with E-state index in [4.69, 9.17) is 4.84 Å². The molecule has 0 saturated carbocycles. The number of nitrogens with zero attached hydrogens (tertiary/aromatic N) is 2. The number of aromatic amines is 1. The number of oxime groups is 1. The highest BCUT2D eigenvalue weighted by molar-refractivity contribution is 5.99. The van der Waals surface area contributed by atoms with Gasteiger partial charge in [0.15, 0.2) is 0 Å². The van der Waals surface area contributed by atoms with E-state index < -0.39 is 0 Å². The van der Waals surface area contributed by atoms with Gasteiger partial charge in [0.25, 0.3) is 5.91 Å². The fourth-order valence-corrected chi connectivity index (χ4v) is 2.39. The van der Waals surface area contributed by atoms with Crippen LogP contribution in [0.5, 0.6) is 0 Å². The van der Waals surface area contributed by atoms with E-state index >= 15 is 0 Å². The Morgan fingerprint density at radius 2 is 2.23 bits per heavy atom. The minimum Gasteiger partial charge on any atom is -0.390 e. The summed E-state index contributed by atoms with van der Waals surface area (Å²) in [7, 11) is 0. The zero-order valence-electron chi connectivity index (χ0n) is 12.4. The SMILES string of the molecule is CCC1=NO[C@@H](CNC(=O)c2cn[nH]c2-c2ccccc2)C1. The monoisotopic (exact) mass is 298 g/mol. The first-order valence-electron chi connectivity index (χ1n) is 7.36. The Hall–Kier alpha value is -2.63. The molecule has 0 bridgehead atoms. The molecule has 3 rings (SSSR count). The molecule has 0 unspecified atom stereocenters. The molecule has 1 aromatic carbocycles. The summed E-state index contributed by atoms with van der Waals surface area (Å²) in [6, 6.07) is 9.65. The van der Waals surface area contributed by atoms with Crippen LogP contribution >= 0.6 is 0 Å². The first-order chi connectivity index (χ1) is 10.8. The molecule has 6 heteroatoms. The van der Waals surface area contributed by atoms with Gasteiger partial charge in [-0.1, -0.05) is 42.4 Å². The molecule has 0 fully saturated rings. The molecule has 0 spiro atoms. The highest BCUT2D eigenvalue weighted by Gasteiger charge is 2.22. The van der Waals surface area contributed by atoms with E-state index in [2.05, 4.69) is 20.7 Å². The Bertz CT molecular complexity index is 678. The maximum absolute atomic E-state index is 12.3. The van der Waals surface area contributed by atoms with E-state index in [1.54, 1.807) is 6.20 Å². The lowest BCUT2D eigenvalue weighted by atomic mass is 10.1. The summed E-state index contributed by atoms with van der Waals surface area (Å²) in [5.41, 5.74) is 3.21. The van der Waals surface area contributed by atoms with Gasteiger partial charge in [-0.15, -0.1) is 0 Å². The molecule has 2 heterocycles. The second kappa shape index (κ2) is 6.43. The van der Waals surface area contributed by atoms with Crippen LogP contribution in [0.4, 0.5) is 0 Å². The number of hydrogen-bond donors (Lipinski definition) is 2. The molecule has 1 aliphatic heterocycles. The fraction of sp³-hybridized carbons (Fsp3) is 0.312. The standard InChI is InChI=1S/C16H18N4O2/c1-2-12-8-13(22-20-12)9-17-16(21)14-10-18-19-15(14)11-6-4-3-5-7-11/h3-7,10,13H,2,8-9H2,1H3,(H,17,21)(H,18,19)/t13-/m1/s1. The summed E-state index contributed by atoms with van der Waals surface area (Å²) < 4.78 is 0. The van der Waals surface area contributed by atoms with Crippen LogP contribution < -0.4 is 5.32 Å². The van der Waals surface area contributed by atoms with Crippen molar-refractivity contribution in [3.63, 3.8) is 0 Å². The second-order valence-electron chi connectivity index (χ2n) is 5.18. The van der Waals surface area contributed by atoms with Crippen molar-refractivity contribution in [1.29, 1.82) is 0 Å². The molecular formula is C16H18N4O2. The lowest BCUT2D eigenvalue weighted by Gasteiger charge is -2.10. The summed E-state index contributed by atoms with van der Waals surface area (Å²) in [4.78, 5) is 17.6. The molecule has 2 N–H and O–H groups in total. The first-order valence-corrected chi connectivity index (χ1v) is 7.36. The van der Waals surface area contributed by atoms with Gasteiger partial charge in [-0.2, -0.15) is 5.10 Å². The molecule has 0 radical (unpaired) electrons. The van der Waals surface area contributed by atoms with Gasteiger partial charge in [0.1, 0.15) is 6.10 Å². The van der Waals surface area contributed by atoms with Gasteiger partial charge in [0, 0.05) is 12.0 Å². The van der Waals surface area contributed by atoms with Crippen molar-refractivity contribution in [2.45, 2.75) is 25.9 Å². The number of carbonyl (C=O) groups is 1. The minimum atomic E-state index is -0.166. The summed E-state index contributed by atoms with van der Waals surface area (Å²) in [5, 5.41) is 13.7. The van der Waals surface area contributed by atoms with Crippen LogP contribution in [0.3, 0.4) is 0 Å². The van der Waals surface area contributed by atoms with Crippen LogP contribution in [0.15, 0.2) is 41.7 Å². The minimum absolute atomic E-state index is 0.0778. The largest absolute Gasteiger partial charge is 0.390 e. The highest BCUT2D eigenvalue weighted by atomic mass is 16.6. The molecule has 1 aromatic heterocycles. The van der Waals surface area contributed by atoms with E-state index in [0.29, 0.717) is 12.1 Å². The van der Waals surface area contributed by atoms with Crippen molar-refractivity contribution in [3.8, 4) is 11.3 Å². The predicted octanol–water partition coefficient (Wildman–Crippen LogP) is 2.36. The summed E-state index contributed by atoms with van der Waals surface area (Å²) in [6.45, 7) is 2.48. The van der Waals surface area contributed by atoms with Gasteiger partial charge in [0.2, 0.25) is 0 Å². The summed E-state index contributed by atoms with van der Waals surface area (Å²) >= 11 is 0. The second-order valence-corrected chi connectivity index (χ2v) is 5.18. The third-order valence-corrected chi connectivity index (χ3v) is 3.64. The van der Waals surface area contributed by atoms with Crippen molar-refractivity contribution in [2.75, 3.05) is 6.54 Å². The van der Waals surface area contributed by atoms with E-state index in [1.807, 2.05) is 37.3 Å². The Kier molecular flexibility index (Phi) is 4.18. The van der Waals surface area contributed by atoms with Crippen LogP contribution in [0, 0.1) is 0 Å². The quantitative estimate of drug-likeness (QED) is 0.889. The number of carbonyl (C=O) groups excluding carboxylic acids is 1. The Balaban J connectivity index is 1.63. The topological polar surface area (TPSA) is 79.4 Å². The summed E-state index contributed by atoms with van der Waals surface area (Å²) in [6.07, 6.45) is 3.12. The summed E-state index contributed by atoms with van der Waals surface area (Å²) in [5.74, 6) is -0.166. The number of benzene rings is 1. The van der Waals surface area contributed by atoms with Crippen molar-refractivity contribution in [2.24, 2.45) is 5.16 Å². The average Bonchev–Trinajstić information content (AvgIpc) is 3.22. The van der Waals surface area contributed by atoms with Crippen molar-refractivity contribution < 1.29 is 9.63 Å². The molecular weight excluding hydrogens is 280 g/mol. The van der Waals surface area contributed by atoms with Crippen molar-refractivity contribution in [3.05, 3.63) is 42.1 Å². The molecule has 0 saturated heterocycles. The zero-order chi connectivity index (χ0) is 15.4. The smallest absolute Gasteiger partial charge is 0.255 e. The third kappa shape index (κ3) is 3.00. The Labute approximate surface area is 128 Å². The molecule has 22 heavy (non-hydrogen) atoms. The first kappa shape index (κ1) is 14.3. The van der Waals surface area contributed by atoms with E-state index in [-0.39, 0.29) is 12.0 Å². The van der Waals surface area contributed by atoms with Crippen LogP contribution in [0.1, 0.15) is 30.1 Å². The van der Waals surface area contributed by atoms with Crippen LogP contribution in [0.25, 0.3) is 11.3 Å².